The monoisotopic (exact) mass is 439 g/mol. The van der Waals surface area contributed by atoms with E-state index in [0.717, 1.165) is 52.8 Å². The highest BCUT2D eigenvalue weighted by Gasteiger charge is 2.15. The number of anilines is 2. The third kappa shape index (κ3) is 4.41. The molecule has 8 heteroatoms. The smallest absolute Gasteiger partial charge is 0.251 e. The van der Waals surface area contributed by atoms with Crippen LogP contribution in [0.3, 0.4) is 0 Å². The van der Waals surface area contributed by atoms with Crippen LogP contribution >= 0.6 is 0 Å². The number of nitrogens with zero attached hydrogens (tertiary/aromatic N) is 6. The van der Waals surface area contributed by atoms with Crippen molar-refractivity contribution >= 4 is 22.3 Å². The van der Waals surface area contributed by atoms with Gasteiger partial charge in [0.2, 0.25) is 6.39 Å². The summed E-state index contributed by atoms with van der Waals surface area (Å²) in [6.45, 7) is 1.66. The van der Waals surface area contributed by atoms with Gasteiger partial charge >= 0.3 is 0 Å². The molecule has 0 aliphatic carbocycles. The van der Waals surface area contributed by atoms with Gasteiger partial charge in [-0.15, -0.1) is 10.2 Å². The highest BCUT2D eigenvalue weighted by Crippen LogP contribution is 2.35. The van der Waals surface area contributed by atoms with E-state index in [-0.39, 0.29) is 0 Å². The lowest BCUT2D eigenvalue weighted by Gasteiger charge is -2.15. The van der Waals surface area contributed by atoms with Crippen molar-refractivity contribution < 1.29 is 4.42 Å². The largest absolute Gasteiger partial charge is 0.423 e. The standard InChI is InChI=1S/C25H25N7O/c1-31(2)20-7-4-18(5-8-20)19-6-9-23-21(14-19)24(22(15-28-23)25-30-29-17-33-25)27-10-3-12-32-13-11-26-16-32/h4-9,11,13-17H,3,10,12H2,1-2H3,(H,27,28). The second-order valence-corrected chi connectivity index (χ2v) is 8.04. The third-order valence-corrected chi connectivity index (χ3v) is 5.63. The van der Waals surface area contributed by atoms with E-state index < -0.39 is 0 Å². The van der Waals surface area contributed by atoms with E-state index in [1.54, 1.807) is 12.4 Å². The predicted octanol–water partition coefficient (Wildman–Crippen LogP) is 4.72. The molecule has 0 fully saturated rings. The molecule has 0 atom stereocenters. The van der Waals surface area contributed by atoms with Crippen molar-refractivity contribution in [1.29, 1.82) is 0 Å². The van der Waals surface area contributed by atoms with Gasteiger partial charge in [0.1, 0.15) is 0 Å². The normalized spacial score (nSPS) is 11.1. The van der Waals surface area contributed by atoms with E-state index in [9.17, 15) is 0 Å². The Morgan fingerprint density at radius 1 is 1.06 bits per heavy atom. The lowest BCUT2D eigenvalue weighted by atomic mass is 10.0. The molecule has 0 unspecified atom stereocenters. The summed E-state index contributed by atoms with van der Waals surface area (Å²) in [5.41, 5.74) is 6.09. The van der Waals surface area contributed by atoms with Crippen LogP contribution in [0.2, 0.25) is 0 Å². The van der Waals surface area contributed by atoms with Crippen LogP contribution < -0.4 is 10.2 Å². The fraction of sp³-hybridized carbons (Fsp3) is 0.200. The first-order valence-electron chi connectivity index (χ1n) is 10.9. The van der Waals surface area contributed by atoms with Crippen molar-refractivity contribution in [3.63, 3.8) is 0 Å². The van der Waals surface area contributed by atoms with Gasteiger partial charge in [-0.25, -0.2) is 4.98 Å². The van der Waals surface area contributed by atoms with Crippen molar-refractivity contribution in [1.82, 2.24) is 24.7 Å². The number of aryl methyl sites for hydroxylation is 1. The first kappa shape index (κ1) is 20.7. The molecule has 5 aromatic rings. The number of hydrogen-bond acceptors (Lipinski definition) is 7. The summed E-state index contributed by atoms with van der Waals surface area (Å²) in [5, 5.41) is 12.6. The Labute approximate surface area is 191 Å². The molecular formula is C25H25N7O. The number of nitrogens with one attached hydrogen (secondary N) is 1. The summed E-state index contributed by atoms with van der Waals surface area (Å²) in [4.78, 5) is 10.9. The van der Waals surface area contributed by atoms with Gasteiger partial charge in [0.05, 0.1) is 23.1 Å². The van der Waals surface area contributed by atoms with Crippen LogP contribution in [0.5, 0.6) is 0 Å². The van der Waals surface area contributed by atoms with Crippen LogP contribution in [0.4, 0.5) is 11.4 Å². The van der Waals surface area contributed by atoms with Crippen molar-refractivity contribution in [3.8, 4) is 22.6 Å². The third-order valence-electron chi connectivity index (χ3n) is 5.63. The van der Waals surface area contributed by atoms with Crippen molar-refractivity contribution in [2.24, 2.45) is 0 Å². The van der Waals surface area contributed by atoms with Gasteiger partial charge in [0, 0.05) is 56.8 Å². The van der Waals surface area contributed by atoms with E-state index in [0.29, 0.717) is 5.89 Å². The van der Waals surface area contributed by atoms with Crippen LogP contribution in [-0.4, -0.2) is 45.4 Å². The molecule has 5 rings (SSSR count). The average Bonchev–Trinajstić information content (AvgIpc) is 3.56. The van der Waals surface area contributed by atoms with Gasteiger partial charge < -0.3 is 19.2 Å². The number of pyridine rings is 1. The molecular weight excluding hydrogens is 414 g/mol. The number of benzene rings is 2. The fourth-order valence-electron chi connectivity index (χ4n) is 3.86. The van der Waals surface area contributed by atoms with Crippen molar-refractivity contribution in [2.45, 2.75) is 13.0 Å². The molecule has 1 N–H and O–H groups in total. The topological polar surface area (TPSA) is 84.9 Å². The molecule has 0 amide bonds. The fourth-order valence-corrected chi connectivity index (χ4v) is 3.86. The number of aromatic nitrogens is 5. The SMILES string of the molecule is CN(C)c1ccc(-c2ccc3ncc(-c4nnco4)c(NCCCn4ccnc4)c3c2)cc1. The maximum absolute atomic E-state index is 5.51. The van der Waals surface area contributed by atoms with E-state index >= 15 is 0 Å². The molecule has 2 aromatic carbocycles. The number of fused-ring (bicyclic) bond motifs is 1. The number of rotatable bonds is 8. The van der Waals surface area contributed by atoms with Crippen LogP contribution in [0, 0.1) is 0 Å². The Balaban J connectivity index is 1.50. The summed E-state index contributed by atoms with van der Waals surface area (Å²) >= 11 is 0. The molecule has 0 aliphatic heterocycles. The van der Waals surface area contributed by atoms with E-state index in [1.165, 1.54) is 12.1 Å². The van der Waals surface area contributed by atoms with E-state index in [1.807, 2.05) is 26.6 Å². The Morgan fingerprint density at radius 3 is 2.64 bits per heavy atom. The molecule has 166 valence electrons. The second kappa shape index (κ2) is 9.12. The van der Waals surface area contributed by atoms with E-state index in [2.05, 4.69) is 77.4 Å². The number of imidazole rings is 1. The first-order valence-corrected chi connectivity index (χ1v) is 10.9. The van der Waals surface area contributed by atoms with Gasteiger partial charge in [-0.2, -0.15) is 0 Å². The van der Waals surface area contributed by atoms with Gasteiger partial charge in [-0.3, -0.25) is 4.98 Å². The van der Waals surface area contributed by atoms with Gasteiger partial charge in [-0.1, -0.05) is 18.2 Å². The number of hydrogen-bond donors (Lipinski definition) is 1. The summed E-state index contributed by atoms with van der Waals surface area (Å²) in [6, 6.07) is 14.9. The minimum absolute atomic E-state index is 0.447. The second-order valence-electron chi connectivity index (χ2n) is 8.04. The minimum Gasteiger partial charge on any atom is -0.423 e. The molecule has 0 bridgehead atoms. The van der Waals surface area contributed by atoms with Crippen LogP contribution in [0.15, 0.2) is 78.2 Å². The lowest BCUT2D eigenvalue weighted by molar-refractivity contribution is 0.568. The highest BCUT2D eigenvalue weighted by molar-refractivity contribution is 6.00. The average molecular weight is 440 g/mol. The molecule has 0 saturated carbocycles. The predicted molar refractivity (Wildman–Crippen MR) is 130 cm³/mol. The van der Waals surface area contributed by atoms with Crippen LogP contribution in [0.25, 0.3) is 33.5 Å². The zero-order valence-electron chi connectivity index (χ0n) is 18.6. The zero-order chi connectivity index (χ0) is 22.6. The van der Waals surface area contributed by atoms with Gasteiger partial charge in [0.15, 0.2) is 0 Å². The van der Waals surface area contributed by atoms with E-state index in [4.69, 9.17) is 4.42 Å². The molecule has 3 aromatic heterocycles. The Hall–Kier alpha value is -4.20. The molecule has 0 aliphatic rings. The van der Waals surface area contributed by atoms with Crippen LogP contribution in [0.1, 0.15) is 6.42 Å². The lowest BCUT2D eigenvalue weighted by Crippen LogP contribution is -2.08. The summed E-state index contributed by atoms with van der Waals surface area (Å²) in [7, 11) is 4.08. The zero-order valence-corrected chi connectivity index (χ0v) is 18.6. The molecule has 8 nitrogen and oxygen atoms in total. The maximum Gasteiger partial charge on any atom is 0.251 e. The quantitative estimate of drug-likeness (QED) is 0.350. The molecule has 33 heavy (non-hydrogen) atoms. The van der Waals surface area contributed by atoms with Crippen molar-refractivity contribution in [3.05, 3.63) is 73.8 Å². The molecule has 0 saturated heterocycles. The Morgan fingerprint density at radius 2 is 1.91 bits per heavy atom. The molecule has 3 heterocycles. The van der Waals surface area contributed by atoms with Crippen molar-refractivity contribution in [2.75, 3.05) is 30.9 Å². The maximum atomic E-state index is 5.51. The highest BCUT2D eigenvalue weighted by atomic mass is 16.4. The molecule has 0 radical (unpaired) electrons. The Kier molecular flexibility index (Phi) is 5.72. The first-order chi connectivity index (χ1) is 16.2. The van der Waals surface area contributed by atoms with Gasteiger partial charge in [0.25, 0.3) is 5.89 Å². The minimum atomic E-state index is 0.447. The summed E-state index contributed by atoms with van der Waals surface area (Å²) in [6.07, 6.45) is 9.67. The Bertz CT molecular complexity index is 1330. The molecule has 0 spiro atoms. The van der Waals surface area contributed by atoms with Gasteiger partial charge in [-0.05, 0) is 41.8 Å². The summed E-state index contributed by atoms with van der Waals surface area (Å²) < 4.78 is 7.58. The summed E-state index contributed by atoms with van der Waals surface area (Å²) in [5.74, 6) is 0.447. The van der Waals surface area contributed by atoms with Crippen LogP contribution in [-0.2, 0) is 6.54 Å².